The van der Waals surface area contributed by atoms with Crippen molar-refractivity contribution in [2.45, 2.75) is 44.3 Å². The first-order valence-electron chi connectivity index (χ1n) is 8.94. The number of ether oxygens (including phenoxy) is 1. The summed E-state index contributed by atoms with van der Waals surface area (Å²) in [5.41, 5.74) is 3.84. The summed E-state index contributed by atoms with van der Waals surface area (Å²) in [6.45, 7) is 3.80. The molecule has 0 unspecified atom stereocenters. The van der Waals surface area contributed by atoms with E-state index in [-0.39, 0.29) is 0 Å². The van der Waals surface area contributed by atoms with Gasteiger partial charge in [-0.3, -0.25) is 0 Å². The maximum atomic E-state index is 6.19. The van der Waals surface area contributed by atoms with E-state index in [9.17, 15) is 0 Å². The van der Waals surface area contributed by atoms with Gasteiger partial charge >= 0.3 is 0 Å². The highest BCUT2D eigenvalue weighted by molar-refractivity contribution is 5.79. The van der Waals surface area contributed by atoms with Crippen LogP contribution >= 0.6 is 0 Å². The summed E-state index contributed by atoms with van der Waals surface area (Å²) in [5.74, 6) is 0. The fourth-order valence-electron chi connectivity index (χ4n) is 3.36. The van der Waals surface area contributed by atoms with Crippen molar-refractivity contribution in [3.8, 4) is 0 Å². The second-order valence-electron chi connectivity index (χ2n) is 6.41. The third kappa shape index (κ3) is 4.46. The maximum absolute atomic E-state index is 6.19. The summed E-state index contributed by atoms with van der Waals surface area (Å²) in [6, 6.07) is 21.3. The Bertz CT molecular complexity index is 615. The van der Waals surface area contributed by atoms with Crippen LogP contribution in [0.25, 0.3) is 5.57 Å². The quantitative estimate of drug-likeness (QED) is 0.567. The van der Waals surface area contributed by atoms with Crippen LogP contribution in [0.15, 0.2) is 79.4 Å². The fraction of sp³-hybridized carbons (Fsp3) is 0.304. The lowest BCUT2D eigenvalue weighted by atomic mass is 9.96. The van der Waals surface area contributed by atoms with Crippen molar-refractivity contribution < 1.29 is 4.74 Å². The van der Waals surface area contributed by atoms with Gasteiger partial charge in [0.25, 0.3) is 0 Å². The van der Waals surface area contributed by atoms with Gasteiger partial charge in [0.15, 0.2) is 0 Å². The molecule has 1 fully saturated rings. The molecule has 1 heteroatoms. The highest BCUT2D eigenvalue weighted by Gasteiger charge is 2.23. The molecule has 2 aromatic carbocycles. The molecule has 0 saturated carbocycles. The zero-order valence-electron chi connectivity index (χ0n) is 14.2. The zero-order valence-corrected chi connectivity index (χ0v) is 14.2. The predicted octanol–water partition coefficient (Wildman–Crippen LogP) is 6.02. The normalized spacial score (nSPS) is 19.8. The van der Waals surface area contributed by atoms with Crippen LogP contribution in [0.3, 0.4) is 0 Å². The summed E-state index contributed by atoms with van der Waals surface area (Å²) >= 11 is 0. The van der Waals surface area contributed by atoms with Crippen LogP contribution in [0, 0.1) is 0 Å². The molecule has 0 N–H and O–H groups in total. The molecule has 0 radical (unpaired) electrons. The Hall–Kier alpha value is -2.12. The molecule has 0 spiro atoms. The Morgan fingerprint density at radius 1 is 0.917 bits per heavy atom. The van der Waals surface area contributed by atoms with Crippen LogP contribution in [-0.2, 0) is 4.74 Å². The van der Waals surface area contributed by atoms with Crippen LogP contribution < -0.4 is 0 Å². The fourth-order valence-corrected chi connectivity index (χ4v) is 3.36. The van der Waals surface area contributed by atoms with E-state index in [1.54, 1.807) is 0 Å². The van der Waals surface area contributed by atoms with Gasteiger partial charge in [0.2, 0.25) is 0 Å². The predicted molar refractivity (Wildman–Crippen MR) is 102 cm³/mol. The molecule has 1 aliphatic rings. The average Bonchev–Trinajstić information content (AvgIpc) is 3.10. The first kappa shape index (κ1) is 16.7. The Balaban J connectivity index is 1.72. The summed E-state index contributed by atoms with van der Waals surface area (Å²) in [5, 5.41) is 0. The van der Waals surface area contributed by atoms with Gasteiger partial charge in [0, 0.05) is 0 Å². The van der Waals surface area contributed by atoms with E-state index in [0.717, 1.165) is 25.7 Å². The van der Waals surface area contributed by atoms with Crippen LogP contribution in [-0.4, -0.2) is 12.2 Å². The number of hydrogen-bond acceptors (Lipinski definition) is 1. The van der Waals surface area contributed by atoms with Crippen LogP contribution in [0.2, 0.25) is 0 Å². The maximum Gasteiger partial charge on any atom is 0.0614 e. The third-order valence-corrected chi connectivity index (χ3v) is 4.64. The Kier molecular flexibility index (Phi) is 6.03. The topological polar surface area (TPSA) is 9.23 Å². The third-order valence-electron chi connectivity index (χ3n) is 4.64. The van der Waals surface area contributed by atoms with Crippen molar-refractivity contribution in [3.63, 3.8) is 0 Å². The van der Waals surface area contributed by atoms with E-state index in [1.807, 2.05) is 6.08 Å². The summed E-state index contributed by atoms with van der Waals surface area (Å²) in [7, 11) is 0. The van der Waals surface area contributed by atoms with Gasteiger partial charge in [-0.2, -0.15) is 0 Å². The number of benzene rings is 2. The van der Waals surface area contributed by atoms with Gasteiger partial charge in [0.05, 0.1) is 12.2 Å². The molecule has 0 aromatic heterocycles. The van der Waals surface area contributed by atoms with E-state index < -0.39 is 0 Å². The average molecular weight is 318 g/mol. The molecule has 1 nitrogen and oxygen atoms in total. The monoisotopic (exact) mass is 318 g/mol. The highest BCUT2D eigenvalue weighted by atomic mass is 16.5. The number of rotatable bonds is 7. The van der Waals surface area contributed by atoms with Gasteiger partial charge in [0.1, 0.15) is 0 Å². The molecular weight excluding hydrogens is 292 g/mol. The van der Waals surface area contributed by atoms with Crippen LogP contribution in [0.4, 0.5) is 0 Å². The summed E-state index contributed by atoms with van der Waals surface area (Å²) < 4.78 is 6.19. The molecule has 0 aliphatic carbocycles. The van der Waals surface area contributed by atoms with Crippen LogP contribution in [0.1, 0.15) is 43.2 Å². The van der Waals surface area contributed by atoms with Crippen molar-refractivity contribution in [2.24, 2.45) is 0 Å². The minimum absolute atomic E-state index is 0.349. The molecule has 0 amide bonds. The smallest absolute Gasteiger partial charge is 0.0614 e. The SMILES string of the molecule is C=CCC[C@@H]1CC[C@@H](CC=C(c2ccccc2)c2ccccc2)O1. The lowest BCUT2D eigenvalue weighted by Crippen LogP contribution is -2.10. The molecule has 2 atom stereocenters. The standard InChI is InChI=1S/C23H26O/c1-2-3-14-21-15-16-22(24-21)17-18-23(19-10-6-4-7-11-19)20-12-8-5-9-13-20/h2,4-13,18,21-22H,1,3,14-17H2/t21-,22+/m1/s1. The number of hydrogen-bond donors (Lipinski definition) is 0. The van der Waals surface area contributed by atoms with Gasteiger partial charge in [-0.1, -0.05) is 72.8 Å². The van der Waals surface area contributed by atoms with E-state index in [1.165, 1.54) is 23.1 Å². The second kappa shape index (κ2) is 8.65. The Morgan fingerprint density at radius 2 is 1.50 bits per heavy atom. The minimum Gasteiger partial charge on any atom is -0.375 e. The van der Waals surface area contributed by atoms with E-state index in [4.69, 9.17) is 4.74 Å². The molecule has 1 saturated heterocycles. The lowest BCUT2D eigenvalue weighted by Gasteiger charge is -2.13. The molecule has 1 aliphatic heterocycles. The first-order chi connectivity index (χ1) is 11.9. The van der Waals surface area contributed by atoms with Crippen molar-refractivity contribution >= 4 is 5.57 Å². The van der Waals surface area contributed by atoms with Gasteiger partial charge in [-0.15, -0.1) is 6.58 Å². The molecule has 1 heterocycles. The van der Waals surface area contributed by atoms with Gasteiger partial charge < -0.3 is 4.74 Å². The first-order valence-corrected chi connectivity index (χ1v) is 8.94. The Labute approximate surface area is 145 Å². The molecule has 124 valence electrons. The molecule has 24 heavy (non-hydrogen) atoms. The molecule has 2 aromatic rings. The molecule has 0 bridgehead atoms. The van der Waals surface area contributed by atoms with E-state index in [0.29, 0.717) is 12.2 Å². The summed E-state index contributed by atoms with van der Waals surface area (Å²) in [6.07, 6.45) is 10.6. The lowest BCUT2D eigenvalue weighted by molar-refractivity contribution is 0.0431. The van der Waals surface area contributed by atoms with Crippen molar-refractivity contribution in [2.75, 3.05) is 0 Å². The van der Waals surface area contributed by atoms with Gasteiger partial charge in [-0.25, -0.2) is 0 Å². The summed E-state index contributed by atoms with van der Waals surface area (Å²) in [4.78, 5) is 0. The molecule has 3 rings (SSSR count). The van der Waals surface area contributed by atoms with Crippen molar-refractivity contribution in [1.29, 1.82) is 0 Å². The molecular formula is C23H26O. The number of allylic oxidation sites excluding steroid dienone is 1. The minimum atomic E-state index is 0.349. The van der Waals surface area contributed by atoms with Crippen LogP contribution in [0.5, 0.6) is 0 Å². The zero-order chi connectivity index (χ0) is 16.6. The Morgan fingerprint density at radius 3 is 2.08 bits per heavy atom. The van der Waals surface area contributed by atoms with E-state index in [2.05, 4.69) is 73.3 Å². The van der Waals surface area contributed by atoms with Crippen molar-refractivity contribution in [3.05, 3.63) is 90.5 Å². The van der Waals surface area contributed by atoms with Gasteiger partial charge in [-0.05, 0) is 48.8 Å². The largest absolute Gasteiger partial charge is 0.375 e. The second-order valence-corrected chi connectivity index (χ2v) is 6.41. The van der Waals surface area contributed by atoms with E-state index >= 15 is 0 Å². The van der Waals surface area contributed by atoms with Crippen molar-refractivity contribution in [1.82, 2.24) is 0 Å². The highest BCUT2D eigenvalue weighted by Crippen LogP contribution is 2.29.